The SMILES string of the molecule is Cc1[nH]nc(NC(=O)c2ccccc2Cl)c1C#N. The smallest absolute Gasteiger partial charge is 0.258 e. The Morgan fingerprint density at radius 1 is 1.50 bits per heavy atom. The van der Waals surface area contributed by atoms with Gasteiger partial charge in [0, 0.05) is 0 Å². The number of carbonyl (C=O) groups is 1. The van der Waals surface area contributed by atoms with Gasteiger partial charge in [0.2, 0.25) is 0 Å². The number of aromatic nitrogens is 2. The monoisotopic (exact) mass is 260 g/mol. The number of carbonyl (C=O) groups excluding carboxylic acids is 1. The second-order valence-electron chi connectivity index (χ2n) is 3.62. The third-order valence-electron chi connectivity index (χ3n) is 2.41. The molecule has 0 atom stereocenters. The lowest BCUT2D eigenvalue weighted by Gasteiger charge is -2.04. The minimum absolute atomic E-state index is 0.208. The van der Waals surface area contributed by atoms with Crippen molar-refractivity contribution in [3.63, 3.8) is 0 Å². The van der Waals surface area contributed by atoms with E-state index in [-0.39, 0.29) is 5.82 Å². The number of rotatable bonds is 2. The van der Waals surface area contributed by atoms with Gasteiger partial charge in [-0.3, -0.25) is 9.89 Å². The number of nitriles is 1. The molecule has 1 aromatic carbocycles. The van der Waals surface area contributed by atoms with Crippen LogP contribution in [0.2, 0.25) is 5.02 Å². The van der Waals surface area contributed by atoms with E-state index in [4.69, 9.17) is 16.9 Å². The molecule has 0 radical (unpaired) electrons. The Morgan fingerprint density at radius 2 is 2.22 bits per heavy atom. The van der Waals surface area contributed by atoms with Crippen LogP contribution in [0, 0.1) is 18.3 Å². The van der Waals surface area contributed by atoms with Crippen molar-refractivity contribution in [3.8, 4) is 6.07 Å². The molecule has 0 aliphatic rings. The fourth-order valence-electron chi connectivity index (χ4n) is 1.48. The number of aryl methyl sites for hydroxylation is 1. The lowest BCUT2D eigenvalue weighted by atomic mass is 10.2. The van der Waals surface area contributed by atoms with E-state index < -0.39 is 5.91 Å². The van der Waals surface area contributed by atoms with E-state index in [1.165, 1.54) is 0 Å². The Morgan fingerprint density at radius 3 is 2.89 bits per heavy atom. The highest BCUT2D eigenvalue weighted by atomic mass is 35.5. The maximum Gasteiger partial charge on any atom is 0.258 e. The second-order valence-corrected chi connectivity index (χ2v) is 4.03. The normalized spacial score (nSPS) is 9.83. The summed E-state index contributed by atoms with van der Waals surface area (Å²) < 4.78 is 0. The summed E-state index contributed by atoms with van der Waals surface area (Å²) in [6.07, 6.45) is 0. The van der Waals surface area contributed by atoms with Crippen LogP contribution in [-0.4, -0.2) is 16.1 Å². The van der Waals surface area contributed by atoms with Crippen molar-refractivity contribution in [1.82, 2.24) is 10.2 Å². The van der Waals surface area contributed by atoms with E-state index in [1.807, 2.05) is 6.07 Å². The predicted octanol–water partition coefficient (Wildman–Crippen LogP) is 2.50. The number of aromatic amines is 1. The van der Waals surface area contributed by atoms with E-state index in [2.05, 4.69) is 15.5 Å². The van der Waals surface area contributed by atoms with Crippen LogP contribution in [0.3, 0.4) is 0 Å². The number of nitrogens with one attached hydrogen (secondary N) is 2. The Kier molecular flexibility index (Phi) is 3.31. The van der Waals surface area contributed by atoms with E-state index in [9.17, 15) is 4.79 Å². The number of hydrogen-bond acceptors (Lipinski definition) is 3. The second kappa shape index (κ2) is 4.90. The van der Waals surface area contributed by atoms with Gasteiger partial charge in [0.1, 0.15) is 11.6 Å². The maximum absolute atomic E-state index is 12.0. The number of hydrogen-bond donors (Lipinski definition) is 2. The molecule has 2 N–H and O–H groups in total. The first-order valence-corrected chi connectivity index (χ1v) is 5.52. The van der Waals surface area contributed by atoms with E-state index in [0.717, 1.165) is 0 Å². The van der Waals surface area contributed by atoms with Gasteiger partial charge in [-0.15, -0.1) is 0 Å². The number of amides is 1. The summed E-state index contributed by atoms with van der Waals surface area (Å²) in [5.41, 5.74) is 1.26. The van der Waals surface area contributed by atoms with Gasteiger partial charge in [-0.05, 0) is 19.1 Å². The number of halogens is 1. The van der Waals surface area contributed by atoms with Gasteiger partial charge in [-0.2, -0.15) is 10.4 Å². The molecule has 18 heavy (non-hydrogen) atoms. The summed E-state index contributed by atoms with van der Waals surface area (Å²) in [6, 6.07) is 8.64. The fourth-order valence-corrected chi connectivity index (χ4v) is 1.70. The van der Waals surface area contributed by atoms with E-state index in [0.29, 0.717) is 21.8 Å². The average Bonchev–Trinajstić information content (AvgIpc) is 2.70. The van der Waals surface area contributed by atoms with Crippen molar-refractivity contribution < 1.29 is 4.79 Å². The van der Waals surface area contributed by atoms with Gasteiger partial charge in [-0.1, -0.05) is 23.7 Å². The van der Waals surface area contributed by atoms with Crippen molar-refractivity contribution in [1.29, 1.82) is 5.26 Å². The van der Waals surface area contributed by atoms with Crippen LogP contribution >= 0.6 is 11.6 Å². The molecule has 0 fully saturated rings. The zero-order valence-electron chi connectivity index (χ0n) is 9.49. The quantitative estimate of drug-likeness (QED) is 0.870. The van der Waals surface area contributed by atoms with E-state index in [1.54, 1.807) is 31.2 Å². The molecule has 0 aliphatic heterocycles. The first-order valence-electron chi connectivity index (χ1n) is 5.14. The third kappa shape index (κ3) is 2.19. The molecule has 0 saturated heterocycles. The summed E-state index contributed by atoms with van der Waals surface area (Å²) in [6.45, 7) is 1.71. The third-order valence-corrected chi connectivity index (χ3v) is 2.74. The van der Waals surface area contributed by atoms with Gasteiger partial charge in [0.15, 0.2) is 5.82 Å². The van der Waals surface area contributed by atoms with Crippen LogP contribution in [0.25, 0.3) is 0 Å². The molecule has 0 spiro atoms. The molecule has 0 bridgehead atoms. The molecule has 1 aromatic heterocycles. The molecule has 6 heteroatoms. The highest BCUT2D eigenvalue weighted by molar-refractivity contribution is 6.34. The lowest BCUT2D eigenvalue weighted by Crippen LogP contribution is -2.13. The van der Waals surface area contributed by atoms with E-state index >= 15 is 0 Å². The Labute approximate surface area is 108 Å². The Balaban J connectivity index is 2.28. The standard InChI is InChI=1S/C12H9ClN4O/c1-7-9(6-14)11(17-16-7)15-12(18)8-4-2-3-5-10(8)13/h2-5H,1H3,(H2,15,16,17,18). The molecule has 90 valence electrons. The minimum Gasteiger partial charge on any atom is -0.304 e. The minimum atomic E-state index is -0.399. The number of H-pyrrole nitrogens is 1. The van der Waals surface area contributed by atoms with Crippen molar-refractivity contribution in [3.05, 3.63) is 46.1 Å². The Bertz CT molecular complexity index is 642. The van der Waals surface area contributed by atoms with Gasteiger partial charge in [0.25, 0.3) is 5.91 Å². The molecule has 2 rings (SSSR count). The highest BCUT2D eigenvalue weighted by Crippen LogP contribution is 2.19. The van der Waals surface area contributed by atoms with Gasteiger partial charge in [-0.25, -0.2) is 0 Å². The fraction of sp³-hybridized carbons (Fsp3) is 0.0833. The Hall–Kier alpha value is -2.32. The lowest BCUT2D eigenvalue weighted by molar-refractivity contribution is 0.102. The summed E-state index contributed by atoms with van der Waals surface area (Å²) in [5.74, 6) is -0.191. The first kappa shape index (κ1) is 12.1. The highest BCUT2D eigenvalue weighted by Gasteiger charge is 2.15. The zero-order valence-corrected chi connectivity index (χ0v) is 10.2. The van der Waals surface area contributed by atoms with Crippen LogP contribution in [0.15, 0.2) is 24.3 Å². The molecular formula is C12H9ClN4O. The molecule has 5 nitrogen and oxygen atoms in total. The van der Waals surface area contributed by atoms with Crippen molar-refractivity contribution in [2.75, 3.05) is 5.32 Å². The van der Waals surface area contributed by atoms with Crippen LogP contribution in [0.1, 0.15) is 21.6 Å². The van der Waals surface area contributed by atoms with Crippen LogP contribution in [0.5, 0.6) is 0 Å². The molecule has 1 amide bonds. The molecular weight excluding hydrogens is 252 g/mol. The average molecular weight is 261 g/mol. The summed E-state index contributed by atoms with van der Waals surface area (Å²) in [4.78, 5) is 12.0. The maximum atomic E-state index is 12.0. The number of nitrogens with zero attached hydrogens (tertiary/aromatic N) is 2. The predicted molar refractivity (Wildman–Crippen MR) is 67.4 cm³/mol. The van der Waals surface area contributed by atoms with Gasteiger partial charge in [0.05, 0.1) is 16.3 Å². The molecule has 0 unspecified atom stereocenters. The van der Waals surface area contributed by atoms with Gasteiger partial charge >= 0.3 is 0 Å². The topological polar surface area (TPSA) is 81.6 Å². The number of benzene rings is 1. The van der Waals surface area contributed by atoms with Crippen molar-refractivity contribution in [2.24, 2.45) is 0 Å². The summed E-state index contributed by atoms with van der Waals surface area (Å²) in [5, 5.41) is 18.3. The largest absolute Gasteiger partial charge is 0.304 e. The molecule has 2 aromatic rings. The van der Waals surface area contributed by atoms with Crippen molar-refractivity contribution in [2.45, 2.75) is 6.92 Å². The van der Waals surface area contributed by atoms with Crippen LogP contribution in [-0.2, 0) is 0 Å². The summed E-state index contributed by atoms with van der Waals surface area (Å²) in [7, 11) is 0. The van der Waals surface area contributed by atoms with Crippen LogP contribution in [0.4, 0.5) is 5.82 Å². The molecule has 1 heterocycles. The summed E-state index contributed by atoms with van der Waals surface area (Å²) >= 11 is 5.91. The molecule has 0 aliphatic carbocycles. The van der Waals surface area contributed by atoms with Crippen LogP contribution < -0.4 is 5.32 Å². The van der Waals surface area contributed by atoms with Gasteiger partial charge < -0.3 is 5.32 Å². The van der Waals surface area contributed by atoms with Crippen molar-refractivity contribution >= 4 is 23.3 Å². The number of anilines is 1. The zero-order chi connectivity index (χ0) is 13.1. The molecule has 0 saturated carbocycles. The first-order chi connectivity index (χ1) is 8.63.